The molecule has 0 aliphatic carbocycles. The lowest BCUT2D eigenvalue weighted by Gasteiger charge is -2.80. The highest BCUT2D eigenvalue weighted by Crippen LogP contribution is 2.52. The molecule has 12 heteroatoms. The Balaban J connectivity index is 2.51. The molecule has 0 aromatic carbocycles. The van der Waals surface area contributed by atoms with Crippen molar-refractivity contribution in [3.8, 4) is 0 Å². The minimum absolute atomic E-state index is 1.36. The largest absolute Gasteiger partial charge is 0.375 e. The lowest BCUT2D eigenvalue weighted by molar-refractivity contribution is 0.468. The molecule has 2 rings (SSSR count). The van der Waals surface area contributed by atoms with Gasteiger partial charge >= 0.3 is 8.73 Å². The van der Waals surface area contributed by atoms with Crippen LogP contribution < -0.4 is 0 Å². The molecule has 2 aliphatic heterocycles. The first-order chi connectivity index (χ1) is 11.5. The molecule has 2 fully saturated rings. The standard InChI is InChI=1S/C15H45FN4Si7/c1-21(2,3)17-23(7,8)19(24(17,9)10)26(13,14)20-25(11,12)18(22(4,5)6)27(20,15)16/h1-15H3. The summed E-state index contributed by atoms with van der Waals surface area (Å²) in [5.74, 6) is 0. The molecule has 0 radical (unpaired) electrons. The molecule has 4 nitrogen and oxygen atoms in total. The molecule has 0 aromatic rings. The smallest absolute Gasteiger partial charge is 0.346 e. The summed E-state index contributed by atoms with van der Waals surface area (Å²) in [5, 5.41) is 0. The number of halogens is 1. The second-order valence-corrected chi connectivity index (χ2v) is 45.7. The van der Waals surface area contributed by atoms with E-state index in [-0.39, 0.29) is 0 Å². The monoisotopic (exact) mass is 496 g/mol. The first-order valence-corrected chi connectivity index (χ1v) is 31.1. The maximum atomic E-state index is 16.5. The maximum absolute atomic E-state index is 16.5. The molecule has 0 bridgehead atoms. The van der Waals surface area contributed by atoms with E-state index in [0.29, 0.717) is 0 Å². The predicted molar refractivity (Wildman–Crippen MR) is 137 cm³/mol. The molecular weight excluding hydrogens is 452 g/mol. The highest BCUT2D eigenvalue weighted by molar-refractivity contribution is 7.25. The van der Waals surface area contributed by atoms with E-state index in [1.54, 1.807) is 0 Å². The minimum Gasteiger partial charge on any atom is -0.346 e. The zero-order chi connectivity index (χ0) is 21.8. The molecule has 1 unspecified atom stereocenters. The van der Waals surface area contributed by atoms with Crippen LogP contribution in [0.25, 0.3) is 0 Å². The Morgan fingerprint density at radius 1 is 0.481 bits per heavy atom. The van der Waals surface area contributed by atoms with Crippen molar-refractivity contribution in [1.29, 1.82) is 0 Å². The maximum Gasteiger partial charge on any atom is 0.375 e. The third kappa shape index (κ3) is 3.25. The Kier molecular flexibility index (Phi) is 5.61. The van der Waals surface area contributed by atoms with Gasteiger partial charge in [-0.3, -0.25) is 4.11 Å². The van der Waals surface area contributed by atoms with E-state index < -0.39 is 58.8 Å². The van der Waals surface area contributed by atoms with Crippen LogP contribution in [-0.2, 0) is 0 Å². The van der Waals surface area contributed by atoms with Gasteiger partial charge in [-0.15, -0.1) is 0 Å². The van der Waals surface area contributed by atoms with Crippen molar-refractivity contribution in [3.63, 3.8) is 0 Å². The normalized spacial score (nSPS) is 32.9. The number of nitrogens with zero attached hydrogens (tertiary/aromatic N) is 4. The SMILES string of the molecule is C[Si](C)(C)N1[Si](C)(C)N([Si](C)(C)N2[Si](C)(C)N([Si](C)(C)C)[Si]2(C)F)[Si]1(C)C. The van der Waals surface area contributed by atoms with Gasteiger partial charge in [0.15, 0.2) is 33.6 Å². The van der Waals surface area contributed by atoms with E-state index in [1.165, 1.54) is 0 Å². The van der Waals surface area contributed by atoms with Crippen LogP contribution in [0.15, 0.2) is 0 Å². The van der Waals surface area contributed by atoms with Crippen molar-refractivity contribution < 1.29 is 4.11 Å². The van der Waals surface area contributed by atoms with Crippen LogP contribution in [0.5, 0.6) is 0 Å². The Hall–Kier alpha value is 1.29. The molecular formula is C15H45FN4Si7. The van der Waals surface area contributed by atoms with Crippen LogP contribution in [0.4, 0.5) is 4.11 Å². The minimum atomic E-state index is -3.01. The van der Waals surface area contributed by atoms with Crippen LogP contribution in [-0.4, -0.2) is 74.4 Å². The molecule has 2 saturated heterocycles. The fraction of sp³-hybridized carbons (Fsp3) is 1.00. The second-order valence-electron chi connectivity index (χ2n) is 12.6. The lowest BCUT2D eigenvalue weighted by atomic mass is 11.8. The van der Waals surface area contributed by atoms with E-state index >= 15 is 4.11 Å². The Labute approximate surface area is 176 Å². The summed E-state index contributed by atoms with van der Waals surface area (Å²) < 4.78 is 27.6. The van der Waals surface area contributed by atoms with Gasteiger partial charge in [0.2, 0.25) is 0 Å². The molecule has 0 N–H and O–H groups in total. The summed E-state index contributed by atoms with van der Waals surface area (Å²) in [6.07, 6.45) is 0. The van der Waals surface area contributed by atoms with Gasteiger partial charge in [-0.25, -0.2) is 0 Å². The number of rotatable bonds is 4. The molecule has 0 amide bonds. The summed E-state index contributed by atoms with van der Waals surface area (Å²) in [6.45, 7) is 36.5. The van der Waals surface area contributed by atoms with E-state index in [0.717, 1.165) is 0 Å². The van der Waals surface area contributed by atoms with Crippen molar-refractivity contribution in [2.75, 3.05) is 0 Å². The molecule has 160 valence electrons. The van der Waals surface area contributed by atoms with Crippen molar-refractivity contribution >= 4 is 58.8 Å². The van der Waals surface area contributed by atoms with Crippen molar-refractivity contribution in [3.05, 3.63) is 0 Å². The number of hydrogen-bond donors (Lipinski definition) is 0. The lowest BCUT2D eigenvalue weighted by Crippen LogP contribution is -3.05. The van der Waals surface area contributed by atoms with Gasteiger partial charge in [-0.1, -0.05) is 39.3 Å². The van der Waals surface area contributed by atoms with Crippen LogP contribution in [0.1, 0.15) is 0 Å². The van der Waals surface area contributed by atoms with Gasteiger partial charge in [0.25, 0.3) is 0 Å². The molecule has 2 aliphatic rings. The molecule has 0 saturated carbocycles. The van der Waals surface area contributed by atoms with Crippen molar-refractivity contribution in [1.82, 2.24) is 15.6 Å². The fourth-order valence-electron chi connectivity index (χ4n) is 8.33. The van der Waals surface area contributed by atoms with Gasteiger partial charge in [0.1, 0.15) is 16.5 Å². The second kappa shape index (κ2) is 6.17. The van der Waals surface area contributed by atoms with Crippen LogP contribution in [0.2, 0.25) is 98.2 Å². The molecule has 2 heterocycles. The predicted octanol–water partition coefficient (Wildman–Crippen LogP) is 5.24. The summed E-state index contributed by atoms with van der Waals surface area (Å²) in [5.41, 5.74) is 0. The third-order valence-corrected chi connectivity index (χ3v) is 58.8. The Bertz CT molecular complexity index is 541. The summed E-state index contributed by atoms with van der Waals surface area (Å²) in [7, 11) is -13.3. The quantitative estimate of drug-likeness (QED) is 0.390. The van der Waals surface area contributed by atoms with E-state index in [1.807, 2.05) is 6.55 Å². The van der Waals surface area contributed by atoms with Gasteiger partial charge in [-0.05, 0) is 58.9 Å². The Morgan fingerprint density at radius 2 is 0.778 bits per heavy atom. The third-order valence-electron chi connectivity index (χ3n) is 6.54. The van der Waals surface area contributed by atoms with Gasteiger partial charge in [0.05, 0.1) is 0 Å². The highest BCUT2D eigenvalue weighted by Gasteiger charge is 2.77. The average Bonchev–Trinajstić information content (AvgIpc) is 2.14. The van der Waals surface area contributed by atoms with Crippen molar-refractivity contribution in [2.45, 2.75) is 98.2 Å². The molecule has 27 heavy (non-hydrogen) atoms. The number of hydrogen-bond acceptors (Lipinski definition) is 4. The molecule has 1 atom stereocenters. The van der Waals surface area contributed by atoms with Gasteiger partial charge in [-0.2, -0.15) is 0 Å². The highest BCUT2D eigenvalue weighted by atomic mass is 28.6. The zero-order valence-corrected chi connectivity index (χ0v) is 27.7. The topological polar surface area (TPSA) is 13.0 Å². The van der Waals surface area contributed by atoms with Crippen LogP contribution in [0.3, 0.4) is 0 Å². The van der Waals surface area contributed by atoms with E-state index in [9.17, 15) is 0 Å². The fourth-order valence-corrected chi connectivity index (χ4v) is 82.2. The molecule has 0 aromatic heterocycles. The van der Waals surface area contributed by atoms with Crippen LogP contribution >= 0.6 is 0 Å². The summed E-state index contributed by atoms with van der Waals surface area (Å²) in [6, 6.07) is 0. The van der Waals surface area contributed by atoms with Crippen molar-refractivity contribution in [2.24, 2.45) is 0 Å². The average molecular weight is 497 g/mol. The zero-order valence-electron chi connectivity index (χ0n) is 20.7. The Morgan fingerprint density at radius 3 is 1.04 bits per heavy atom. The first-order valence-electron chi connectivity index (χ1n) is 10.4. The summed E-state index contributed by atoms with van der Waals surface area (Å²) in [4.78, 5) is 0. The van der Waals surface area contributed by atoms with E-state index in [4.69, 9.17) is 0 Å². The van der Waals surface area contributed by atoms with Gasteiger partial charge in [0, 0.05) is 0 Å². The molecule has 0 spiro atoms. The first kappa shape index (κ1) is 24.6. The van der Waals surface area contributed by atoms with Gasteiger partial charge < -0.3 is 15.6 Å². The van der Waals surface area contributed by atoms with E-state index in [2.05, 4.69) is 107 Å². The van der Waals surface area contributed by atoms with Crippen LogP contribution in [0, 0.1) is 0 Å². The summed E-state index contributed by atoms with van der Waals surface area (Å²) >= 11 is 0.